The summed E-state index contributed by atoms with van der Waals surface area (Å²) in [7, 11) is 2.27. The highest BCUT2D eigenvalue weighted by atomic mass is 32.2. The molecule has 2 N–H and O–H groups in total. The molecule has 1 heterocycles. The Morgan fingerprint density at radius 2 is 2.08 bits per heavy atom. The van der Waals surface area contributed by atoms with Gasteiger partial charge in [0.15, 0.2) is 0 Å². The van der Waals surface area contributed by atoms with E-state index >= 15 is 0 Å². The Bertz CT molecular complexity index is 151. The second-order valence-electron chi connectivity index (χ2n) is 4.07. The molecule has 1 atom stereocenters. The number of thioether (sulfide) groups is 1. The smallest absolute Gasteiger partial charge is 0.0194 e. The van der Waals surface area contributed by atoms with Gasteiger partial charge in [-0.2, -0.15) is 11.8 Å². The van der Waals surface area contributed by atoms with E-state index in [1.807, 2.05) is 0 Å². The maximum absolute atomic E-state index is 5.77. The molecule has 0 spiro atoms. The van der Waals surface area contributed by atoms with Crippen molar-refractivity contribution in [2.24, 2.45) is 5.73 Å². The van der Waals surface area contributed by atoms with Crippen LogP contribution in [0, 0.1) is 0 Å². The van der Waals surface area contributed by atoms with Gasteiger partial charge in [0.25, 0.3) is 0 Å². The first-order valence-electron chi connectivity index (χ1n) is 4.82. The van der Waals surface area contributed by atoms with Gasteiger partial charge in [-0.25, -0.2) is 0 Å². The van der Waals surface area contributed by atoms with Crippen LogP contribution in [0.3, 0.4) is 0 Å². The standard InChI is InChI=1S/C9H18N2S/c1-11(8-2-3-12-6-8)9-4-7(10)5-9/h7-9H,2-6,10H2,1H3. The second kappa shape index (κ2) is 3.56. The van der Waals surface area contributed by atoms with Crippen LogP contribution in [0.5, 0.6) is 0 Å². The molecule has 0 aromatic carbocycles. The first-order valence-corrected chi connectivity index (χ1v) is 5.98. The Balaban J connectivity index is 1.79. The van der Waals surface area contributed by atoms with E-state index in [0.717, 1.165) is 12.1 Å². The molecule has 0 bridgehead atoms. The van der Waals surface area contributed by atoms with Gasteiger partial charge in [-0.1, -0.05) is 0 Å². The van der Waals surface area contributed by atoms with Crippen molar-refractivity contribution in [2.45, 2.75) is 37.4 Å². The molecular formula is C9H18N2S. The fourth-order valence-corrected chi connectivity index (χ4v) is 3.38. The maximum atomic E-state index is 5.77. The van der Waals surface area contributed by atoms with Crippen LogP contribution in [0.15, 0.2) is 0 Å². The van der Waals surface area contributed by atoms with Crippen LogP contribution in [-0.4, -0.2) is 41.6 Å². The van der Waals surface area contributed by atoms with E-state index in [0.29, 0.717) is 6.04 Å². The minimum Gasteiger partial charge on any atom is -0.328 e. The summed E-state index contributed by atoms with van der Waals surface area (Å²) in [6.45, 7) is 0. The minimum absolute atomic E-state index is 0.492. The Morgan fingerprint density at radius 3 is 2.58 bits per heavy atom. The molecule has 0 aromatic rings. The molecule has 0 amide bonds. The number of nitrogens with zero attached hydrogens (tertiary/aromatic N) is 1. The molecule has 2 aliphatic rings. The first-order chi connectivity index (χ1) is 5.77. The predicted octanol–water partition coefficient (Wildman–Crippen LogP) is 0.913. The van der Waals surface area contributed by atoms with Gasteiger partial charge in [-0.3, -0.25) is 4.90 Å². The van der Waals surface area contributed by atoms with Crippen molar-refractivity contribution in [1.29, 1.82) is 0 Å². The minimum atomic E-state index is 0.492. The lowest BCUT2D eigenvalue weighted by Crippen LogP contribution is -2.52. The molecule has 12 heavy (non-hydrogen) atoms. The third-order valence-corrected chi connectivity index (χ3v) is 4.35. The van der Waals surface area contributed by atoms with E-state index in [-0.39, 0.29) is 0 Å². The molecule has 1 unspecified atom stereocenters. The van der Waals surface area contributed by atoms with Crippen LogP contribution in [0.2, 0.25) is 0 Å². The molecule has 70 valence electrons. The average Bonchev–Trinajstić information content (AvgIpc) is 2.49. The highest BCUT2D eigenvalue weighted by Crippen LogP contribution is 2.29. The van der Waals surface area contributed by atoms with Gasteiger partial charge in [-0.05, 0) is 32.1 Å². The van der Waals surface area contributed by atoms with Crippen molar-refractivity contribution in [3.05, 3.63) is 0 Å². The highest BCUT2D eigenvalue weighted by Gasteiger charge is 2.33. The zero-order valence-corrected chi connectivity index (χ0v) is 8.52. The average molecular weight is 186 g/mol. The third-order valence-electron chi connectivity index (χ3n) is 3.21. The molecule has 0 radical (unpaired) electrons. The van der Waals surface area contributed by atoms with Gasteiger partial charge in [0, 0.05) is 23.9 Å². The Labute approximate surface area is 78.9 Å². The summed E-state index contributed by atoms with van der Waals surface area (Å²) in [6, 6.07) is 2.13. The van der Waals surface area contributed by atoms with Crippen molar-refractivity contribution in [2.75, 3.05) is 18.6 Å². The molecule has 1 saturated heterocycles. The lowest BCUT2D eigenvalue weighted by molar-refractivity contribution is 0.105. The predicted molar refractivity (Wildman–Crippen MR) is 54.5 cm³/mol. The summed E-state index contributed by atoms with van der Waals surface area (Å²) in [5, 5.41) is 0. The largest absolute Gasteiger partial charge is 0.328 e. The number of nitrogens with two attached hydrogens (primary N) is 1. The Kier molecular flexibility index (Phi) is 2.63. The van der Waals surface area contributed by atoms with Crippen molar-refractivity contribution >= 4 is 11.8 Å². The molecule has 0 aromatic heterocycles. The van der Waals surface area contributed by atoms with Crippen LogP contribution >= 0.6 is 11.8 Å². The number of hydrogen-bond donors (Lipinski definition) is 1. The molecule has 1 saturated carbocycles. The molecule has 1 aliphatic heterocycles. The zero-order valence-electron chi connectivity index (χ0n) is 7.70. The second-order valence-corrected chi connectivity index (χ2v) is 5.22. The lowest BCUT2D eigenvalue weighted by Gasteiger charge is -2.42. The summed E-state index contributed by atoms with van der Waals surface area (Å²) >= 11 is 2.09. The summed E-state index contributed by atoms with van der Waals surface area (Å²) < 4.78 is 0. The lowest BCUT2D eigenvalue weighted by atomic mass is 9.86. The maximum Gasteiger partial charge on any atom is 0.0194 e. The molecule has 2 fully saturated rings. The van der Waals surface area contributed by atoms with Gasteiger partial charge in [-0.15, -0.1) is 0 Å². The topological polar surface area (TPSA) is 29.3 Å². The van der Waals surface area contributed by atoms with E-state index in [9.17, 15) is 0 Å². The molecule has 2 rings (SSSR count). The van der Waals surface area contributed by atoms with E-state index in [1.54, 1.807) is 0 Å². The van der Waals surface area contributed by atoms with Crippen LogP contribution in [0.25, 0.3) is 0 Å². The zero-order chi connectivity index (χ0) is 8.55. The Morgan fingerprint density at radius 1 is 1.33 bits per heavy atom. The summed E-state index contributed by atoms with van der Waals surface area (Å²) in [5.41, 5.74) is 5.77. The normalized spacial score (nSPS) is 41.8. The van der Waals surface area contributed by atoms with Gasteiger partial charge in [0.2, 0.25) is 0 Å². The summed E-state index contributed by atoms with van der Waals surface area (Å²) in [6.07, 6.45) is 3.82. The highest BCUT2D eigenvalue weighted by molar-refractivity contribution is 7.99. The van der Waals surface area contributed by atoms with E-state index in [2.05, 4.69) is 23.7 Å². The van der Waals surface area contributed by atoms with Gasteiger partial charge < -0.3 is 5.73 Å². The molecular weight excluding hydrogens is 168 g/mol. The van der Waals surface area contributed by atoms with Crippen molar-refractivity contribution < 1.29 is 0 Å². The van der Waals surface area contributed by atoms with Gasteiger partial charge >= 0.3 is 0 Å². The monoisotopic (exact) mass is 186 g/mol. The fourth-order valence-electron chi connectivity index (χ4n) is 2.10. The van der Waals surface area contributed by atoms with E-state index in [1.165, 1.54) is 30.8 Å². The number of rotatable bonds is 2. The quantitative estimate of drug-likeness (QED) is 0.695. The van der Waals surface area contributed by atoms with Crippen LogP contribution in [0.1, 0.15) is 19.3 Å². The van der Waals surface area contributed by atoms with Crippen molar-refractivity contribution in [3.63, 3.8) is 0 Å². The first kappa shape index (κ1) is 8.85. The summed E-state index contributed by atoms with van der Waals surface area (Å²) in [4.78, 5) is 2.56. The fraction of sp³-hybridized carbons (Fsp3) is 1.00. The third kappa shape index (κ3) is 1.63. The Hall–Kier alpha value is 0.270. The number of hydrogen-bond acceptors (Lipinski definition) is 3. The molecule has 3 heteroatoms. The van der Waals surface area contributed by atoms with Gasteiger partial charge in [0.05, 0.1) is 0 Å². The van der Waals surface area contributed by atoms with Crippen LogP contribution in [-0.2, 0) is 0 Å². The van der Waals surface area contributed by atoms with Crippen molar-refractivity contribution in [3.8, 4) is 0 Å². The van der Waals surface area contributed by atoms with Crippen molar-refractivity contribution in [1.82, 2.24) is 4.90 Å². The van der Waals surface area contributed by atoms with E-state index in [4.69, 9.17) is 5.73 Å². The summed E-state index contributed by atoms with van der Waals surface area (Å²) in [5.74, 6) is 2.69. The van der Waals surface area contributed by atoms with E-state index < -0.39 is 0 Å². The molecule has 2 nitrogen and oxygen atoms in total. The SMILES string of the molecule is CN(C1CCSC1)C1CC(N)C1. The van der Waals surface area contributed by atoms with Crippen LogP contribution < -0.4 is 5.73 Å². The van der Waals surface area contributed by atoms with Gasteiger partial charge in [0.1, 0.15) is 0 Å². The molecule has 1 aliphatic carbocycles. The van der Waals surface area contributed by atoms with Crippen LogP contribution in [0.4, 0.5) is 0 Å².